The molecule has 2 aromatic carbocycles. The van der Waals surface area contributed by atoms with Crippen molar-refractivity contribution in [1.29, 1.82) is 0 Å². The molecular weight excluding hydrogens is 474 g/mol. The minimum atomic E-state index is -3.58. The Labute approximate surface area is 215 Å². The van der Waals surface area contributed by atoms with Crippen LogP contribution in [0.3, 0.4) is 0 Å². The van der Waals surface area contributed by atoms with Crippen LogP contribution in [-0.2, 0) is 26.0 Å². The molecule has 2 aromatic rings. The number of carbonyl (C=O) groups is 2. The lowest BCUT2D eigenvalue weighted by atomic mass is 9.95. The van der Waals surface area contributed by atoms with Gasteiger partial charge < -0.3 is 10.6 Å². The van der Waals surface area contributed by atoms with Crippen LogP contribution in [0.1, 0.15) is 51.2 Å². The van der Waals surface area contributed by atoms with Gasteiger partial charge in [-0.25, -0.2) is 8.42 Å². The first kappa shape index (κ1) is 27.9. The SMILES string of the molecule is Cc1ccc(S(=O)(=O)N2CCC(C(=O)N[C@H](C(=O)NC(C)CCc3ccccc3)C(C)C)CC2)cc1. The Balaban J connectivity index is 1.51. The lowest BCUT2D eigenvalue weighted by Gasteiger charge is -2.32. The maximum atomic E-state index is 13.0. The smallest absolute Gasteiger partial charge is 0.243 e. The number of nitrogens with one attached hydrogen (secondary N) is 2. The molecule has 2 amide bonds. The van der Waals surface area contributed by atoms with Crippen molar-refractivity contribution in [2.75, 3.05) is 13.1 Å². The molecular formula is C28H39N3O4S. The van der Waals surface area contributed by atoms with Crippen LogP contribution in [0.15, 0.2) is 59.5 Å². The van der Waals surface area contributed by atoms with E-state index in [2.05, 4.69) is 22.8 Å². The van der Waals surface area contributed by atoms with E-state index < -0.39 is 16.1 Å². The Morgan fingerprint density at radius 1 is 0.944 bits per heavy atom. The Hall–Kier alpha value is -2.71. The lowest BCUT2D eigenvalue weighted by Crippen LogP contribution is -2.53. The summed E-state index contributed by atoms with van der Waals surface area (Å²) in [5, 5.41) is 5.99. The van der Waals surface area contributed by atoms with Crippen molar-refractivity contribution in [2.45, 2.75) is 70.4 Å². The van der Waals surface area contributed by atoms with Gasteiger partial charge in [0.1, 0.15) is 6.04 Å². The molecule has 0 saturated carbocycles. The van der Waals surface area contributed by atoms with Gasteiger partial charge in [0, 0.05) is 25.0 Å². The first-order chi connectivity index (χ1) is 17.1. The van der Waals surface area contributed by atoms with Crippen LogP contribution < -0.4 is 10.6 Å². The predicted molar refractivity (Wildman–Crippen MR) is 142 cm³/mol. The average Bonchev–Trinajstić information content (AvgIpc) is 2.86. The molecule has 0 aliphatic carbocycles. The summed E-state index contributed by atoms with van der Waals surface area (Å²) in [6, 6.07) is 16.3. The van der Waals surface area contributed by atoms with Gasteiger partial charge in [-0.15, -0.1) is 0 Å². The predicted octanol–water partition coefficient (Wildman–Crippen LogP) is 3.67. The van der Waals surface area contributed by atoms with E-state index in [9.17, 15) is 18.0 Å². The molecule has 1 heterocycles. The van der Waals surface area contributed by atoms with Crippen LogP contribution >= 0.6 is 0 Å². The first-order valence-corrected chi connectivity index (χ1v) is 14.2. The Bertz CT molecular complexity index is 1110. The van der Waals surface area contributed by atoms with E-state index in [-0.39, 0.29) is 47.7 Å². The first-order valence-electron chi connectivity index (χ1n) is 12.8. The minimum absolute atomic E-state index is 0.0222. The molecule has 1 fully saturated rings. The quantitative estimate of drug-likeness (QED) is 0.507. The van der Waals surface area contributed by atoms with Crippen LogP contribution in [-0.4, -0.2) is 49.7 Å². The van der Waals surface area contributed by atoms with Crippen LogP contribution in [0.2, 0.25) is 0 Å². The van der Waals surface area contributed by atoms with E-state index in [0.717, 1.165) is 18.4 Å². The molecule has 1 saturated heterocycles. The Morgan fingerprint density at radius 3 is 2.14 bits per heavy atom. The normalized spacial score (nSPS) is 16.9. The number of hydrogen-bond donors (Lipinski definition) is 2. The highest BCUT2D eigenvalue weighted by Gasteiger charge is 2.34. The highest BCUT2D eigenvalue weighted by Crippen LogP contribution is 2.24. The highest BCUT2D eigenvalue weighted by molar-refractivity contribution is 7.89. The highest BCUT2D eigenvalue weighted by atomic mass is 32.2. The number of sulfonamides is 1. The molecule has 2 N–H and O–H groups in total. The zero-order valence-corrected chi connectivity index (χ0v) is 22.6. The van der Waals surface area contributed by atoms with Crippen LogP contribution in [0.4, 0.5) is 0 Å². The zero-order chi connectivity index (χ0) is 26.3. The number of carbonyl (C=O) groups excluding carboxylic acids is 2. The summed E-state index contributed by atoms with van der Waals surface area (Å²) in [6.07, 6.45) is 2.53. The van der Waals surface area contributed by atoms with Crippen LogP contribution in [0, 0.1) is 18.8 Å². The van der Waals surface area contributed by atoms with E-state index in [1.165, 1.54) is 9.87 Å². The summed E-state index contributed by atoms with van der Waals surface area (Å²) in [4.78, 5) is 26.3. The minimum Gasteiger partial charge on any atom is -0.352 e. The summed E-state index contributed by atoms with van der Waals surface area (Å²) in [6.45, 7) is 8.28. The van der Waals surface area contributed by atoms with Crippen molar-refractivity contribution in [3.05, 3.63) is 65.7 Å². The van der Waals surface area contributed by atoms with E-state index in [0.29, 0.717) is 12.8 Å². The van der Waals surface area contributed by atoms with Gasteiger partial charge >= 0.3 is 0 Å². The van der Waals surface area contributed by atoms with Crippen LogP contribution in [0.5, 0.6) is 0 Å². The number of benzene rings is 2. The van der Waals surface area contributed by atoms with Crippen molar-refractivity contribution in [2.24, 2.45) is 11.8 Å². The molecule has 0 spiro atoms. The van der Waals surface area contributed by atoms with E-state index in [1.54, 1.807) is 24.3 Å². The van der Waals surface area contributed by atoms with Crippen molar-refractivity contribution in [3.8, 4) is 0 Å². The Morgan fingerprint density at radius 2 is 1.56 bits per heavy atom. The molecule has 7 nitrogen and oxygen atoms in total. The molecule has 0 bridgehead atoms. The fourth-order valence-corrected chi connectivity index (χ4v) is 5.93. The monoisotopic (exact) mass is 513 g/mol. The van der Waals surface area contributed by atoms with Gasteiger partial charge in [0.15, 0.2) is 0 Å². The molecule has 0 aromatic heterocycles. The van der Waals surface area contributed by atoms with Gasteiger partial charge in [0.05, 0.1) is 4.90 Å². The van der Waals surface area contributed by atoms with Gasteiger partial charge in [-0.2, -0.15) is 4.31 Å². The summed E-state index contributed by atoms with van der Waals surface area (Å²) >= 11 is 0. The molecule has 0 radical (unpaired) electrons. The molecule has 196 valence electrons. The number of aryl methyl sites for hydroxylation is 2. The summed E-state index contributed by atoms with van der Waals surface area (Å²) < 4.78 is 27.3. The van der Waals surface area contributed by atoms with Gasteiger partial charge in [0.2, 0.25) is 21.8 Å². The van der Waals surface area contributed by atoms with Crippen molar-refractivity contribution in [3.63, 3.8) is 0 Å². The van der Waals surface area contributed by atoms with Crippen molar-refractivity contribution >= 4 is 21.8 Å². The second-order valence-electron chi connectivity index (χ2n) is 10.2. The molecule has 8 heteroatoms. The van der Waals surface area contributed by atoms with E-state index in [4.69, 9.17) is 0 Å². The molecule has 1 aliphatic heterocycles. The van der Waals surface area contributed by atoms with E-state index >= 15 is 0 Å². The average molecular weight is 514 g/mol. The van der Waals surface area contributed by atoms with Gasteiger partial charge in [-0.1, -0.05) is 61.9 Å². The summed E-state index contributed by atoms with van der Waals surface area (Å²) in [7, 11) is -3.58. The summed E-state index contributed by atoms with van der Waals surface area (Å²) in [5.41, 5.74) is 2.22. The fourth-order valence-electron chi connectivity index (χ4n) is 4.46. The molecule has 1 aliphatic rings. The number of rotatable bonds is 10. The van der Waals surface area contributed by atoms with Crippen LogP contribution in [0.25, 0.3) is 0 Å². The fraction of sp³-hybridized carbons (Fsp3) is 0.500. The topological polar surface area (TPSA) is 95.6 Å². The number of hydrogen-bond acceptors (Lipinski definition) is 4. The zero-order valence-electron chi connectivity index (χ0n) is 21.7. The molecule has 36 heavy (non-hydrogen) atoms. The maximum Gasteiger partial charge on any atom is 0.243 e. The lowest BCUT2D eigenvalue weighted by molar-refractivity contribution is -0.133. The summed E-state index contributed by atoms with van der Waals surface area (Å²) in [5.74, 6) is -0.761. The molecule has 3 rings (SSSR count). The standard InChI is InChI=1S/C28H39N3O4S/c1-20(2)26(28(33)29-22(4)12-13-23-8-6-5-7-9-23)30-27(32)24-16-18-31(19-17-24)36(34,35)25-14-10-21(3)11-15-25/h5-11,14-15,20,22,24,26H,12-13,16-19H2,1-4H3,(H,29,33)(H,30,32)/t22?,26-/m0/s1. The van der Waals surface area contributed by atoms with Gasteiger partial charge in [-0.05, 0) is 63.1 Å². The third-order valence-corrected chi connectivity index (χ3v) is 8.74. The van der Waals surface area contributed by atoms with Gasteiger partial charge in [-0.3, -0.25) is 9.59 Å². The largest absolute Gasteiger partial charge is 0.352 e. The number of nitrogens with zero attached hydrogens (tertiary/aromatic N) is 1. The number of piperidine rings is 1. The second-order valence-corrected chi connectivity index (χ2v) is 12.1. The molecule has 1 unspecified atom stereocenters. The number of amides is 2. The maximum absolute atomic E-state index is 13.0. The van der Waals surface area contributed by atoms with Crippen molar-refractivity contribution < 1.29 is 18.0 Å². The Kier molecular flexibility index (Phi) is 9.68. The molecule has 2 atom stereocenters. The van der Waals surface area contributed by atoms with E-state index in [1.807, 2.05) is 45.9 Å². The van der Waals surface area contributed by atoms with Gasteiger partial charge in [0.25, 0.3) is 0 Å². The second kappa shape index (κ2) is 12.5. The third-order valence-electron chi connectivity index (χ3n) is 6.83. The van der Waals surface area contributed by atoms with Crippen molar-refractivity contribution in [1.82, 2.24) is 14.9 Å². The third kappa shape index (κ3) is 7.40.